The van der Waals surface area contributed by atoms with Crippen molar-refractivity contribution < 1.29 is 14.8 Å². The van der Waals surface area contributed by atoms with Crippen LogP contribution in [0.25, 0.3) is 0 Å². The van der Waals surface area contributed by atoms with Gasteiger partial charge in [0.25, 0.3) is 0 Å². The van der Waals surface area contributed by atoms with E-state index in [2.05, 4.69) is 0 Å². The number of nitro benzene ring substituents is 1. The van der Waals surface area contributed by atoms with Crippen LogP contribution >= 0.6 is 0 Å². The van der Waals surface area contributed by atoms with Gasteiger partial charge in [-0.1, -0.05) is 6.92 Å². The largest absolute Gasteiger partial charge is 0.500 e. The molecule has 0 aliphatic carbocycles. The molecule has 1 rings (SSSR count). The van der Waals surface area contributed by atoms with E-state index < -0.39 is 16.4 Å². The summed E-state index contributed by atoms with van der Waals surface area (Å²) in [5, 5.41) is 20.2. The van der Waals surface area contributed by atoms with Crippen LogP contribution in [0.1, 0.15) is 24.9 Å². The number of methoxy groups -OCH3 is 1. The molecule has 0 saturated heterocycles. The maximum atomic E-state index is 10.7. The second-order valence-corrected chi connectivity index (χ2v) is 3.36. The zero-order valence-corrected chi connectivity index (χ0v) is 9.14. The van der Waals surface area contributed by atoms with Gasteiger partial charge in [0.05, 0.1) is 12.0 Å². The summed E-state index contributed by atoms with van der Waals surface area (Å²) < 4.78 is 4.86. The van der Waals surface area contributed by atoms with E-state index in [-0.39, 0.29) is 11.8 Å². The van der Waals surface area contributed by atoms with Gasteiger partial charge in [-0.15, -0.1) is 0 Å². The number of hydrogen-bond donors (Lipinski definition) is 2. The number of benzene rings is 1. The molecule has 16 heavy (non-hydrogen) atoms. The van der Waals surface area contributed by atoms with Gasteiger partial charge in [-0.25, -0.2) is 0 Å². The molecule has 0 saturated carbocycles. The number of nitrogens with two attached hydrogens (primary N) is 1. The lowest BCUT2D eigenvalue weighted by atomic mass is 10.0. The van der Waals surface area contributed by atoms with Crippen LogP contribution in [0.5, 0.6) is 11.5 Å². The molecule has 0 radical (unpaired) electrons. The Balaban J connectivity index is 3.34. The van der Waals surface area contributed by atoms with E-state index in [1.165, 1.54) is 19.2 Å². The molecule has 0 unspecified atom stereocenters. The Morgan fingerprint density at radius 1 is 1.62 bits per heavy atom. The first-order valence-corrected chi connectivity index (χ1v) is 4.82. The molecule has 0 aliphatic rings. The topological polar surface area (TPSA) is 98.6 Å². The lowest BCUT2D eigenvalue weighted by Crippen LogP contribution is -2.09. The predicted octanol–water partition coefficient (Wildman–Crippen LogP) is 1.72. The number of ether oxygens (including phenoxy) is 1. The maximum absolute atomic E-state index is 10.7. The van der Waals surface area contributed by atoms with Gasteiger partial charge in [0.1, 0.15) is 0 Å². The van der Waals surface area contributed by atoms with Gasteiger partial charge < -0.3 is 15.6 Å². The summed E-state index contributed by atoms with van der Waals surface area (Å²) in [6.45, 7) is 1.87. The molecule has 88 valence electrons. The summed E-state index contributed by atoms with van der Waals surface area (Å²) in [5.41, 5.74) is 5.96. The van der Waals surface area contributed by atoms with Crippen molar-refractivity contribution in [2.24, 2.45) is 5.73 Å². The van der Waals surface area contributed by atoms with Crippen molar-refractivity contribution in [3.63, 3.8) is 0 Å². The van der Waals surface area contributed by atoms with E-state index in [4.69, 9.17) is 10.5 Å². The maximum Gasteiger partial charge on any atom is 0.314 e. The molecular formula is C10H14N2O4. The van der Waals surface area contributed by atoms with Crippen LogP contribution in [-0.2, 0) is 0 Å². The molecule has 0 fully saturated rings. The van der Waals surface area contributed by atoms with Crippen LogP contribution in [0.2, 0.25) is 0 Å². The van der Waals surface area contributed by atoms with Gasteiger partial charge in [-0.2, -0.15) is 0 Å². The summed E-state index contributed by atoms with van der Waals surface area (Å²) in [6.07, 6.45) is 0.644. The van der Waals surface area contributed by atoms with Crippen molar-refractivity contribution in [1.82, 2.24) is 0 Å². The van der Waals surface area contributed by atoms with Crippen LogP contribution < -0.4 is 10.5 Å². The van der Waals surface area contributed by atoms with Crippen molar-refractivity contribution in [2.45, 2.75) is 19.4 Å². The fraction of sp³-hybridized carbons (Fsp3) is 0.400. The molecule has 0 amide bonds. The molecular weight excluding hydrogens is 212 g/mol. The highest BCUT2D eigenvalue weighted by molar-refractivity contribution is 5.57. The normalized spacial score (nSPS) is 12.2. The van der Waals surface area contributed by atoms with Crippen LogP contribution in [0.3, 0.4) is 0 Å². The third kappa shape index (κ3) is 2.22. The monoisotopic (exact) mass is 226 g/mol. The molecule has 0 spiro atoms. The van der Waals surface area contributed by atoms with Crippen LogP contribution in [-0.4, -0.2) is 17.1 Å². The van der Waals surface area contributed by atoms with Crippen LogP contribution in [0, 0.1) is 10.1 Å². The fourth-order valence-electron chi connectivity index (χ4n) is 1.36. The minimum absolute atomic E-state index is 0.0631. The van der Waals surface area contributed by atoms with Crippen molar-refractivity contribution in [2.75, 3.05) is 7.11 Å². The van der Waals surface area contributed by atoms with Crippen LogP contribution in [0.4, 0.5) is 5.69 Å². The van der Waals surface area contributed by atoms with E-state index >= 15 is 0 Å². The molecule has 3 N–H and O–H groups in total. The van der Waals surface area contributed by atoms with Gasteiger partial charge in [0, 0.05) is 12.1 Å². The summed E-state index contributed by atoms with van der Waals surface area (Å²) in [4.78, 5) is 10.0. The minimum atomic E-state index is -0.663. The molecule has 1 aromatic carbocycles. The Labute approximate surface area is 92.8 Å². The number of aromatic hydroxyl groups is 1. The van der Waals surface area contributed by atoms with E-state index in [0.29, 0.717) is 12.0 Å². The fourth-order valence-corrected chi connectivity index (χ4v) is 1.36. The Morgan fingerprint density at radius 2 is 2.25 bits per heavy atom. The van der Waals surface area contributed by atoms with E-state index in [9.17, 15) is 15.2 Å². The Kier molecular flexibility index (Phi) is 3.68. The van der Waals surface area contributed by atoms with Gasteiger partial charge in [-0.05, 0) is 18.1 Å². The molecule has 6 heteroatoms. The molecule has 0 bridgehead atoms. The smallest absolute Gasteiger partial charge is 0.314 e. The van der Waals surface area contributed by atoms with Gasteiger partial charge in [0.15, 0.2) is 5.75 Å². The second-order valence-electron chi connectivity index (χ2n) is 3.36. The standard InChI is InChI=1S/C10H14N2O4/c1-3-7(11)6-4-8(12(14)15)10(13)9(5-6)16-2/h4-5,7,13H,3,11H2,1-2H3/t7-/m1/s1. The first-order chi connectivity index (χ1) is 7.51. The average Bonchev–Trinajstić information content (AvgIpc) is 2.27. The number of phenolic OH excluding ortho intramolecular Hbond substituents is 1. The number of phenols is 1. The second kappa shape index (κ2) is 4.80. The molecule has 0 aliphatic heterocycles. The Bertz CT molecular complexity index is 406. The van der Waals surface area contributed by atoms with Crippen molar-refractivity contribution in [1.29, 1.82) is 0 Å². The molecule has 6 nitrogen and oxygen atoms in total. The first kappa shape index (κ1) is 12.3. The summed E-state index contributed by atoms with van der Waals surface area (Å²) in [7, 11) is 1.33. The van der Waals surface area contributed by atoms with Crippen molar-refractivity contribution in [3.8, 4) is 11.5 Å². The van der Waals surface area contributed by atoms with E-state index in [1.807, 2.05) is 6.92 Å². The molecule has 1 aromatic rings. The van der Waals surface area contributed by atoms with Crippen molar-refractivity contribution in [3.05, 3.63) is 27.8 Å². The number of hydrogen-bond acceptors (Lipinski definition) is 5. The highest BCUT2D eigenvalue weighted by atomic mass is 16.6. The van der Waals surface area contributed by atoms with Crippen LogP contribution in [0.15, 0.2) is 12.1 Å². The quantitative estimate of drug-likeness (QED) is 0.601. The highest BCUT2D eigenvalue weighted by Gasteiger charge is 2.21. The minimum Gasteiger partial charge on any atom is -0.500 e. The molecule has 1 atom stereocenters. The van der Waals surface area contributed by atoms with Gasteiger partial charge in [-0.3, -0.25) is 10.1 Å². The lowest BCUT2D eigenvalue weighted by Gasteiger charge is -2.11. The lowest BCUT2D eigenvalue weighted by molar-refractivity contribution is -0.386. The third-order valence-electron chi connectivity index (χ3n) is 2.36. The third-order valence-corrected chi connectivity index (χ3v) is 2.36. The van der Waals surface area contributed by atoms with E-state index in [0.717, 1.165) is 0 Å². The average molecular weight is 226 g/mol. The van der Waals surface area contributed by atoms with E-state index in [1.54, 1.807) is 0 Å². The predicted molar refractivity (Wildman–Crippen MR) is 58.5 cm³/mol. The first-order valence-electron chi connectivity index (χ1n) is 4.82. The zero-order chi connectivity index (χ0) is 12.3. The SMILES string of the molecule is CC[C@@H](N)c1cc(OC)c(O)c([N+](=O)[O-])c1. The number of rotatable bonds is 4. The molecule has 0 heterocycles. The van der Waals surface area contributed by atoms with Gasteiger partial charge in [0.2, 0.25) is 5.75 Å². The summed E-state index contributed by atoms with van der Waals surface area (Å²) >= 11 is 0. The summed E-state index contributed by atoms with van der Waals surface area (Å²) in [5.74, 6) is -0.410. The highest BCUT2D eigenvalue weighted by Crippen LogP contribution is 2.38. The van der Waals surface area contributed by atoms with Crippen molar-refractivity contribution >= 4 is 5.69 Å². The van der Waals surface area contributed by atoms with Gasteiger partial charge >= 0.3 is 5.69 Å². The Hall–Kier alpha value is -1.82. The zero-order valence-electron chi connectivity index (χ0n) is 9.14. The number of nitro groups is 1. The summed E-state index contributed by atoms with van der Waals surface area (Å²) in [6, 6.07) is 2.47. The Morgan fingerprint density at radius 3 is 2.69 bits per heavy atom. The molecule has 0 aromatic heterocycles. The number of nitrogens with zero attached hydrogens (tertiary/aromatic N) is 1.